The topological polar surface area (TPSA) is 138 Å². The molecule has 4 N–H and O–H groups in total. The highest BCUT2D eigenvalue weighted by atomic mass is 32.9. The van der Waals surface area contributed by atoms with Crippen LogP contribution in [0.25, 0.3) is 11.2 Å². The van der Waals surface area contributed by atoms with Crippen LogP contribution in [0.5, 0.6) is 0 Å². The minimum atomic E-state index is -3.29. The molecule has 1 unspecified atom stereocenters. The van der Waals surface area contributed by atoms with Crippen molar-refractivity contribution in [1.29, 1.82) is 0 Å². The van der Waals surface area contributed by atoms with E-state index in [2.05, 4.69) is 27.2 Å². The number of hydrogen-bond acceptors (Lipinski definition) is 9. The molecule has 3 rings (SSSR count). The molecule has 1 aliphatic rings. The fourth-order valence-electron chi connectivity index (χ4n) is 2.67. The van der Waals surface area contributed by atoms with Crippen molar-refractivity contribution in [3.63, 3.8) is 0 Å². The number of aromatic nitrogens is 4. The van der Waals surface area contributed by atoms with Crippen LogP contribution in [-0.4, -0.2) is 61.5 Å². The summed E-state index contributed by atoms with van der Waals surface area (Å²) in [5, 5.41) is 9.56. The number of nitrogens with two attached hydrogens (primary N) is 1. The van der Waals surface area contributed by atoms with Crippen molar-refractivity contribution in [1.82, 2.24) is 19.5 Å². The Morgan fingerprint density at radius 2 is 2.21 bits per heavy atom. The minimum absolute atomic E-state index is 0.235. The third-order valence-electron chi connectivity index (χ3n) is 3.66. The molecule has 0 saturated carbocycles. The number of hydrogen-bond donors (Lipinski definition) is 4. The molecular formula is C11H16N5O5PS2. The zero-order valence-electron chi connectivity index (χ0n) is 12.5. The fraction of sp³-hybridized carbons (Fsp3) is 0.545. The number of nitrogen functional groups attached to an aromatic ring is 1. The largest absolute Gasteiger partial charge is 0.394 e. The first kappa shape index (κ1) is 18.0. The summed E-state index contributed by atoms with van der Waals surface area (Å²) in [4.78, 5) is 22.0. The number of methoxy groups -OCH3 is 1. The molecule has 0 aromatic carbocycles. The summed E-state index contributed by atoms with van der Waals surface area (Å²) in [5.74, 6) is 0.235. The number of aliphatic hydroxyl groups excluding tert-OH is 1. The van der Waals surface area contributed by atoms with E-state index in [0.29, 0.717) is 11.2 Å². The first-order valence-electron chi connectivity index (χ1n) is 6.81. The predicted molar refractivity (Wildman–Crippen MR) is 91.9 cm³/mol. The van der Waals surface area contributed by atoms with Crippen molar-refractivity contribution in [3.05, 3.63) is 12.7 Å². The average Bonchev–Trinajstić information content (AvgIpc) is 3.07. The maximum Gasteiger partial charge on any atom is 0.242 e. The van der Waals surface area contributed by atoms with Gasteiger partial charge in [0.2, 0.25) is 5.69 Å². The molecule has 0 spiro atoms. The van der Waals surface area contributed by atoms with Crippen LogP contribution in [0, 0.1) is 0 Å². The van der Waals surface area contributed by atoms with Crippen LogP contribution in [0.15, 0.2) is 12.7 Å². The Kier molecular flexibility index (Phi) is 5.09. The van der Waals surface area contributed by atoms with Crippen molar-refractivity contribution >= 4 is 46.7 Å². The standard InChI is InChI=1S/C11H16N5O5PS2/c1-19-8-7(21-22(18,23)24)5(2-17)20-11(8)16-4-15-6-9(12)13-3-14-10(6)16/h3-5,7-8,11,17H,2H2,1H3,(H2,12,13,14)(H2,18,23,24)/t5-,7-,8-,11-/m1/s1. The van der Waals surface area contributed by atoms with Crippen molar-refractivity contribution < 1.29 is 24.0 Å². The van der Waals surface area contributed by atoms with Gasteiger partial charge in [-0.1, -0.05) is 12.2 Å². The molecule has 5 atom stereocenters. The fourth-order valence-corrected chi connectivity index (χ4v) is 3.87. The minimum Gasteiger partial charge on any atom is -0.394 e. The second kappa shape index (κ2) is 6.81. The molecule has 1 fully saturated rings. The third-order valence-corrected chi connectivity index (χ3v) is 4.72. The predicted octanol–water partition coefficient (Wildman–Crippen LogP) is -0.155. The molecule has 0 aliphatic carbocycles. The monoisotopic (exact) mass is 393 g/mol. The molecule has 0 amide bonds. The van der Waals surface area contributed by atoms with Crippen LogP contribution in [0.3, 0.4) is 0 Å². The van der Waals surface area contributed by atoms with Crippen LogP contribution in [0.1, 0.15) is 6.23 Å². The highest BCUT2D eigenvalue weighted by Gasteiger charge is 2.48. The van der Waals surface area contributed by atoms with Gasteiger partial charge in [-0.3, -0.25) is 4.57 Å². The van der Waals surface area contributed by atoms with E-state index in [1.165, 1.54) is 19.8 Å². The summed E-state index contributed by atoms with van der Waals surface area (Å²) in [6.45, 7) is -0.353. The van der Waals surface area contributed by atoms with Crippen molar-refractivity contribution in [2.45, 2.75) is 24.5 Å². The molecule has 2 aromatic rings. The van der Waals surface area contributed by atoms with E-state index in [9.17, 15) is 10.00 Å². The second-order valence-electron chi connectivity index (χ2n) is 5.09. The van der Waals surface area contributed by atoms with E-state index in [-0.39, 0.29) is 12.4 Å². The third kappa shape index (κ3) is 3.28. The number of nitrogens with zero attached hydrogens (tertiary/aromatic N) is 4. The van der Waals surface area contributed by atoms with Crippen LogP contribution in [0.4, 0.5) is 5.82 Å². The van der Waals surface area contributed by atoms with Gasteiger partial charge >= 0.3 is 0 Å². The SMILES string of the molecule is CO[C@@H]1[C@H](OP(O)(=S)S)[C@@H](CO)O[C@H]1n1cnc2c(N)ncnc21. The normalized spacial score (nSPS) is 29.8. The lowest BCUT2D eigenvalue weighted by atomic mass is 10.1. The van der Waals surface area contributed by atoms with E-state index < -0.39 is 30.2 Å². The lowest BCUT2D eigenvalue weighted by Crippen LogP contribution is -2.36. The van der Waals surface area contributed by atoms with E-state index in [0.717, 1.165) is 0 Å². The molecule has 1 aliphatic heterocycles. The van der Waals surface area contributed by atoms with E-state index in [1.54, 1.807) is 4.57 Å². The van der Waals surface area contributed by atoms with E-state index in [4.69, 9.17) is 31.5 Å². The van der Waals surface area contributed by atoms with Gasteiger partial charge in [-0.15, -0.1) is 0 Å². The number of ether oxygens (including phenoxy) is 2. The summed E-state index contributed by atoms with van der Waals surface area (Å²) >= 11 is 8.69. The number of rotatable bonds is 5. The second-order valence-corrected chi connectivity index (χ2v) is 10.2. The quantitative estimate of drug-likeness (QED) is 0.401. The number of aliphatic hydroxyl groups is 1. The molecule has 2 aromatic heterocycles. The van der Waals surface area contributed by atoms with Gasteiger partial charge in [0, 0.05) is 7.11 Å². The maximum absolute atomic E-state index is 9.75. The molecule has 13 heteroatoms. The first-order chi connectivity index (χ1) is 11.4. The lowest BCUT2D eigenvalue weighted by Gasteiger charge is -2.24. The van der Waals surface area contributed by atoms with Crippen LogP contribution in [-0.2, 0) is 25.8 Å². The van der Waals surface area contributed by atoms with Crippen molar-refractivity contribution in [3.8, 4) is 0 Å². The number of anilines is 1. The lowest BCUT2D eigenvalue weighted by molar-refractivity contribution is -0.0583. The van der Waals surface area contributed by atoms with Crippen LogP contribution in [0.2, 0.25) is 0 Å². The van der Waals surface area contributed by atoms with Gasteiger partial charge in [0.1, 0.15) is 30.2 Å². The molecule has 1 saturated heterocycles. The summed E-state index contributed by atoms with van der Waals surface area (Å²) in [6, 6.07) is 0. The molecule has 24 heavy (non-hydrogen) atoms. The van der Waals surface area contributed by atoms with Gasteiger partial charge in [0.05, 0.1) is 12.9 Å². The van der Waals surface area contributed by atoms with E-state index in [1.807, 2.05) is 0 Å². The average molecular weight is 393 g/mol. The van der Waals surface area contributed by atoms with Gasteiger partial charge < -0.3 is 29.7 Å². The molecular weight excluding hydrogens is 377 g/mol. The Labute approximate surface area is 147 Å². The Bertz CT molecular complexity index is 785. The summed E-state index contributed by atoms with van der Waals surface area (Å²) < 4.78 is 18.3. The summed E-state index contributed by atoms with van der Waals surface area (Å²) in [5.41, 5.74) is 3.36. The highest BCUT2D eigenvalue weighted by molar-refractivity contribution is 8.59. The Morgan fingerprint density at radius 1 is 1.46 bits per heavy atom. The van der Waals surface area contributed by atoms with Crippen LogP contribution < -0.4 is 5.73 Å². The first-order valence-corrected chi connectivity index (χ1v) is 10.6. The van der Waals surface area contributed by atoms with Gasteiger partial charge in [0.15, 0.2) is 17.7 Å². The Morgan fingerprint density at radius 3 is 2.83 bits per heavy atom. The van der Waals surface area contributed by atoms with Crippen molar-refractivity contribution in [2.24, 2.45) is 0 Å². The molecule has 132 valence electrons. The zero-order chi connectivity index (χ0) is 17.5. The summed E-state index contributed by atoms with van der Waals surface area (Å²) in [7, 11) is 1.46. The van der Waals surface area contributed by atoms with Gasteiger partial charge in [-0.05, 0) is 11.8 Å². The van der Waals surface area contributed by atoms with Gasteiger partial charge in [-0.25, -0.2) is 15.0 Å². The Hall–Kier alpha value is -0.850. The molecule has 0 bridgehead atoms. The number of imidazole rings is 1. The molecule has 0 radical (unpaired) electrons. The smallest absolute Gasteiger partial charge is 0.242 e. The Balaban J connectivity index is 2.00. The van der Waals surface area contributed by atoms with E-state index >= 15 is 0 Å². The molecule has 3 heterocycles. The van der Waals surface area contributed by atoms with Crippen molar-refractivity contribution in [2.75, 3.05) is 19.5 Å². The zero-order valence-corrected chi connectivity index (χ0v) is 15.1. The number of fused-ring (bicyclic) bond motifs is 1. The number of thiol groups is 1. The highest BCUT2D eigenvalue weighted by Crippen LogP contribution is 2.52. The summed E-state index contributed by atoms with van der Waals surface area (Å²) in [6.07, 6.45) is -0.179. The molecule has 10 nitrogen and oxygen atoms in total. The van der Waals surface area contributed by atoms with Gasteiger partial charge in [-0.2, -0.15) is 0 Å². The van der Waals surface area contributed by atoms with Gasteiger partial charge in [0.25, 0.3) is 0 Å². The maximum atomic E-state index is 9.75. The van der Waals surface area contributed by atoms with Crippen LogP contribution >= 0.6 is 17.9 Å².